The molecule has 3 aromatic heterocycles. The molecule has 0 spiro atoms. The number of anilines is 6. The molecule has 0 bridgehead atoms. The van der Waals surface area contributed by atoms with Crippen LogP contribution in [0.4, 0.5) is 56.3 Å². The Morgan fingerprint density at radius 2 is 1.04 bits per heavy atom. The van der Waals surface area contributed by atoms with E-state index in [4.69, 9.17) is 24.4 Å². The van der Waals surface area contributed by atoms with Gasteiger partial charge in [-0.1, -0.05) is 49.4 Å². The maximum absolute atomic E-state index is 11.8. The van der Waals surface area contributed by atoms with Crippen LogP contribution in [0.3, 0.4) is 0 Å². The van der Waals surface area contributed by atoms with Gasteiger partial charge in [0, 0.05) is 78.3 Å². The molecule has 0 aliphatic heterocycles. The second-order valence-corrected chi connectivity index (χ2v) is 20.7. The average Bonchev–Trinajstić information content (AvgIpc) is 4.07. The van der Waals surface area contributed by atoms with E-state index in [-0.39, 0.29) is 43.6 Å². The molecular weight excluding hydrogens is 1040 g/mol. The minimum atomic E-state index is -4.46. The zero-order chi connectivity index (χ0) is 52.3. The summed E-state index contributed by atoms with van der Waals surface area (Å²) in [5, 5.41) is 25.5. The Hall–Kier alpha value is -6.82. The highest BCUT2D eigenvalue weighted by atomic mass is 32.2. The van der Waals surface area contributed by atoms with Gasteiger partial charge in [0.25, 0.3) is 20.2 Å². The molecule has 7 rings (SSSR count). The van der Waals surface area contributed by atoms with E-state index in [1.54, 1.807) is 38.5 Å². The number of nitrogens with zero attached hydrogens (tertiary/aromatic N) is 13. The molecule has 73 heavy (non-hydrogen) atoms. The Kier molecular flexibility index (Phi) is 17.9. The standard InChI is InChI=1S/C45H51N15O8S5/c1-8-13-20-69-43-51-41(46-31-23-35(59(9-2)10-3)37(67-6)25-33(31)53-55-44-48-39(57-70-44)27-16-14-18-29(21-27)72(61,62)63)50-42(52-43)47-32-24-36(60(11-4)12-5)38(68-7)26-34(32)54-56-45-49-40(58-71-45)28-17-15-19-30(22-28)73(64,65)66/h14-19,21-26H,8-13,20H2,1-7H3,(H,61,62,63)(H,64,65,66)(H2,46,47,50,51,52)/b55-53+,56-54+. The average molecular weight is 1090 g/mol. The van der Waals surface area contributed by atoms with Crippen LogP contribution in [0, 0.1) is 0 Å². The van der Waals surface area contributed by atoms with Crippen LogP contribution in [0.15, 0.2) is 108 Å². The molecular formula is C45H51N15O8S5. The van der Waals surface area contributed by atoms with Crippen LogP contribution >= 0.6 is 34.8 Å². The number of hydrogen-bond acceptors (Lipinski definition) is 24. The number of azo groups is 2. The molecule has 0 fully saturated rings. The van der Waals surface area contributed by atoms with Gasteiger partial charge in [0.15, 0.2) is 16.8 Å². The summed E-state index contributed by atoms with van der Waals surface area (Å²) in [6.45, 7) is 12.9. The number of benzene rings is 4. The van der Waals surface area contributed by atoms with Gasteiger partial charge in [-0.3, -0.25) is 9.11 Å². The largest absolute Gasteiger partial charge is 0.494 e. The van der Waals surface area contributed by atoms with Crippen molar-refractivity contribution >= 4 is 111 Å². The molecule has 23 nitrogen and oxygen atoms in total. The fraction of sp³-hybridized carbons (Fsp3) is 0.311. The van der Waals surface area contributed by atoms with E-state index in [1.165, 1.54) is 48.2 Å². The van der Waals surface area contributed by atoms with Crippen LogP contribution < -0.4 is 29.9 Å². The van der Waals surface area contributed by atoms with Crippen LogP contribution in [-0.2, 0) is 20.2 Å². The maximum atomic E-state index is 11.8. The smallest absolute Gasteiger partial charge is 0.294 e. The van der Waals surface area contributed by atoms with Gasteiger partial charge in [0.05, 0.1) is 46.8 Å². The number of rotatable bonds is 24. The molecule has 0 atom stereocenters. The second kappa shape index (κ2) is 24.3. The molecule has 7 aromatic rings. The van der Waals surface area contributed by atoms with E-state index in [1.807, 2.05) is 39.8 Å². The molecule has 0 amide bonds. The predicted octanol–water partition coefficient (Wildman–Crippen LogP) is 11.3. The first kappa shape index (κ1) is 54.0. The number of ether oxygens (including phenoxy) is 2. The predicted molar refractivity (Wildman–Crippen MR) is 284 cm³/mol. The van der Waals surface area contributed by atoms with Crippen LogP contribution in [0.1, 0.15) is 47.5 Å². The zero-order valence-electron chi connectivity index (χ0n) is 40.6. The Labute approximate surface area is 434 Å². The lowest BCUT2D eigenvalue weighted by molar-refractivity contribution is 0.414. The summed E-state index contributed by atoms with van der Waals surface area (Å²) in [4.78, 5) is 27.1. The first-order chi connectivity index (χ1) is 35.1. The second-order valence-electron chi connectivity index (χ2n) is 15.4. The third-order valence-electron chi connectivity index (χ3n) is 10.7. The summed E-state index contributed by atoms with van der Waals surface area (Å²) in [6, 6.07) is 18.5. The molecule has 0 aliphatic rings. The lowest BCUT2D eigenvalue weighted by Crippen LogP contribution is -2.22. The fourth-order valence-electron chi connectivity index (χ4n) is 7.04. The van der Waals surface area contributed by atoms with E-state index in [0.29, 0.717) is 76.7 Å². The SMILES string of the molecule is CCCCSc1nc(Nc2cc(N(CC)CC)c(OC)cc2/N=N/c2nc(-c3cccc(S(=O)(=O)O)c3)ns2)nc(Nc2cc(N(CC)CC)c(OC)cc2/N=N/c2nc(-c3cccc(S(=O)(=O)O)c3)ns2)n1. The minimum absolute atomic E-state index is 0.166. The van der Waals surface area contributed by atoms with E-state index in [2.05, 4.69) is 66.5 Å². The summed E-state index contributed by atoms with van der Waals surface area (Å²) in [5.74, 6) is 2.50. The number of methoxy groups -OCH3 is 2. The van der Waals surface area contributed by atoms with E-state index < -0.39 is 20.2 Å². The monoisotopic (exact) mass is 1090 g/mol. The Morgan fingerprint density at radius 3 is 1.42 bits per heavy atom. The highest BCUT2D eigenvalue weighted by Crippen LogP contribution is 2.43. The lowest BCUT2D eigenvalue weighted by Gasteiger charge is -2.25. The van der Waals surface area contributed by atoms with Gasteiger partial charge >= 0.3 is 0 Å². The summed E-state index contributed by atoms with van der Waals surface area (Å²) < 4.78 is 86.9. The fourth-order valence-corrected chi connectivity index (χ4v) is 10.1. The zero-order valence-corrected chi connectivity index (χ0v) is 44.7. The van der Waals surface area contributed by atoms with Gasteiger partial charge in [-0.25, -0.2) is 0 Å². The minimum Gasteiger partial charge on any atom is -0.494 e. The molecule has 384 valence electrons. The Morgan fingerprint density at radius 1 is 0.603 bits per heavy atom. The molecule has 0 unspecified atom stereocenters. The summed E-state index contributed by atoms with van der Waals surface area (Å²) in [7, 11) is -5.78. The van der Waals surface area contributed by atoms with Gasteiger partial charge in [0.2, 0.25) is 22.2 Å². The van der Waals surface area contributed by atoms with Crippen LogP contribution in [0.5, 0.6) is 11.5 Å². The van der Waals surface area contributed by atoms with E-state index >= 15 is 0 Å². The molecule has 0 aliphatic carbocycles. The van der Waals surface area contributed by atoms with Crippen LogP contribution in [0.2, 0.25) is 0 Å². The third-order valence-corrected chi connectivity index (χ3v) is 14.6. The van der Waals surface area contributed by atoms with E-state index in [9.17, 15) is 25.9 Å². The van der Waals surface area contributed by atoms with Gasteiger partial charge in [0.1, 0.15) is 22.9 Å². The number of nitrogens with one attached hydrogen (secondary N) is 2. The molecule has 0 saturated carbocycles. The molecule has 4 N–H and O–H groups in total. The lowest BCUT2D eigenvalue weighted by atomic mass is 10.2. The van der Waals surface area contributed by atoms with E-state index in [0.717, 1.165) is 53.0 Å². The highest BCUT2D eigenvalue weighted by molar-refractivity contribution is 7.99. The quantitative estimate of drug-likeness (QED) is 0.0189. The van der Waals surface area contributed by atoms with Gasteiger partial charge in [-0.2, -0.15) is 50.5 Å². The summed E-state index contributed by atoms with van der Waals surface area (Å²) >= 11 is 3.35. The van der Waals surface area contributed by atoms with Crippen molar-refractivity contribution in [1.29, 1.82) is 0 Å². The number of aromatic nitrogens is 7. The first-order valence-corrected chi connectivity index (χ1v) is 28.0. The van der Waals surface area contributed by atoms with Crippen LogP contribution in [0.25, 0.3) is 22.8 Å². The molecule has 0 radical (unpaired) electrons. The highest BCUT2D eigenvalue weighted by Gasteiger charge is 2.21. The number of thioether (sulfide) groups is 1. The molecule has 3 heterocycles. The summed E-state index contributed by atoms with van der Waals surface area (Å²) in [5.41, 5.74) is 3.84. The van der Waals surface area contributed by atoms with Crippen molar-refractivity contribution in [2.24, 2.45) is 20.5 Å². The Bertz CT molecular complexity index is 3140. The van der Waals surface area contributed by atoms with Crippen LogP contribution in [-0.4, -0.2) is 106 Å². The third kappa shape index (κ3) is 13.6. The van der Waals surface area contributed by atoms with Gasteiger partial charge < -0.3 is 29.9 Å². The molecule has 0 saturated heterocycles. The summed E-state index contributed by atoms with van der Waals surface area (Å²) in [6.07, 6.45) is 1.87. The van der Waals surface area contributed by atoms with Gasteiger partial charge in [-0.15, -0.1) is 20.5 Å². The number of unbranched alkanes of at least 4 members (excludes halogenated alkanes) is 1. The number of hydrogen-bond donors (Lipinski definition) is 4. The van der Waals surface area contributed by atoms with Crippen molar-refractivity contribution in [3.05, 3.63) is 72.8 Å². The van der Waals surface area contributed by atoms with Crippen molar-refractivity contribution in [2.45, 2.75) is 62.4 Å². The maximum Gasteiger partial charge on any atom is 0.294 e. The Balaban J connectivity index is 1.28. The van der Waals surface area contributed by atoms with Crippen molar-refractivity contribution in [3.8, 4) is 34.3 Å². The van der Waals surface area contributed by atoms with Crippen molar-refractivity contribution in [2.75, 3.05) is 66.6 Å². The van der Waals surface area contributed by atoms with Crippen molar-refractivity contribution in [3.63, 3.8) is 0 Å². The van der Waals surface area contributed by atoms with Gasteiger partial charge in [-0.05, 0) is 70.5 Å². The molecule has 28 heteroatoms. The first-order valence-electron chi connectivity index (χ1n) is 22.6. The van der Waals surface area contributed by atoms with Crippen molar-refractivity contribution < 1.29 is 35.4 Å². The molecule has 4 aromatic carbocycles. The topological polar surface area (TPSA) is 297 Å². The van der Waals surface area contributed by atoms with Crippen molar-refractivity contribution in [1.82, 2.24) is 33.7 Å². The normalized spacial score (nSPS) is 11.9.